The Balaban J connectivity index is 1.28. The molecule has 3 aliphatic rings. The molecule has 1 aromatic rings. The maximum atomic E-state index is 13.0. The van der Waals surface area contributed by atoms with Gasteiger partial charge >= 0.3 is 0 Å². The average molecular weight is 462 g/mol. The first-order valence-corrected chi connectivity index (χ1v) is 14.0. The Bertz CT molecular complexity index is 851. The molecule has 2 aliphatic carbocycles. The van der Waals surface area contributed by atoms with Crippen LogP contribution >= 0.6 is 0 Å². The van der Waals surface area contributed by atoms with Gasteiger partial charge in [-0.2, -0.15) is 4.31 Å². The summed E-state index contributed by atoms with van der Waals surface area (Å²) in [5, 5.41) is 3.16. The summed E-state index contributed by atoms with van der Waals surface area (Å²) in [5.41, 5.74) is 0.526. The number of benzene rings is 1. The average Bonchev–Trinajstić information content (AvgIpc) is 3.33. The lowest BCUT2D eigenvalue weighted by molar-refractivity contribution is 0.0905. The molecule has 2 saturated carbocycles. The maximum Gasteiger partial charge on any atom is 0.251 e. The van der Waals surface area contributed by atoms with E-state index in [1.165, 1.54) is 43.0 Å². The summed E-state index contributed by atoms with van der Waals surface area (Å²) in [5.74, 6) is 0.761. The Hall–Kier alpha value is -1.44. The smallest absolute Gasteiger partial charge is 0.251 e. The van der Waals surface area contributed by atoms with E-state index in [4.69, 9.17) is 0 Å². The molecule has 4 rings (SSSR count). The number of nitrogens with zero attached hydrogens (tertiary/aromatic N) is 2. The summed E-state index contributed by atoms with van der Waals surface area (Å²) in [4.78, 5) is 15.6. The number of rotatable bonds is 7. The zero-order chi connectivity index (χ0) is 22.6. The molecule has 0 aromatic heterocycles. The van der Waals surface area contributed by atoms with Crippen LogP contribution in [0.15, 0.2) is 29.2 Å². The van der Waals surface area contributed by atoms with Gasteiger partial charge in [-0.1, -0.05) is 32.1 Å². The number of nitrogens with one attached hydrogen (secondary N) is 1. The van der Waals surface area contributed by atoms with E-state index in [-0.39, 0.29) is 22.9 Å². The fourth-order valence-corrected chi connectivity index (χ4v) is 7.09. The number of amides is 1. The first-order chi connectivity index (χ1) is 15.4. The van der Waals surface area contributed by atoms with Crippen LogP contribution < -0.4 is 5.32 Å². The Morgan fingerprint density at radius 1 is 0.938 bits per heavy atom. The predicted octanol–water partition coefficient (Wildman–Crippen LogP) is 4.02. The van der Waals surface area contributed by atoms with Gasteiger partial charge in [0.05, 0.1) is 4.90 Å². The first-order valence-electron chi connectivity index (χ1n) is 12.5. The van der Waals surface area contributed by atoms with E-state index in [0.717, 1.165) is 57.5 Å². The van der Waals surface area contributed by atoms with Gasteiger partial charge in [0.25, 0.3) is 5.91 Å². The Kier molecular flexibility index (Phi) is 7.90. The minimum atomic E-state index is -3.53. The van der Waals surface area contributed by atoms with Gasteiger partial charge in [0.2, 0.25) is 10.0 Å². The number of hydrogen-bond donors (Lipinski definition) is 1. The topological polar surface area (TPSA) is 69.7 Å². The number of carbonyl (C=O) groups excluding carboxylic acids is 1. The lowest BCUT2D eigenvalue weighted by Crippen LogP contribution is -2.45. The van der Waals surface area contributed by atoms with E-state index >= 15 is 0 Å². The summed E-state index contributed by atoms with van der Waals surface area (Å²) in [7, 11) is -1.84. The van der Waals surface area contributed by atoms with Gasteiger partial charge in [0.15, 0.2) is 0 Å². The lowest BCUT2D eigenvalue weighted by Gasteiger charge is -2.33. The summed E-state index contributed by atoms with van der Waals surface area (Å²) in [6, 6.07) is 6.72. The van der Waals surface area contributed by atoms with Crippen molar-refractivity contribution in [1.29, 1.82) is 0 Å². The van der Waals surface area contributed by atoms with E-state index in [2.05, 4.69) is 10.2 Å². The molecule has 7 heteroatoms. The van der Waals surface area contributed by atoms with Gasteiger partial charge in [-0.3, -0.25) is 4.79 Å². The molecule has 1 saturated heterocycles. The number of hydrogen-bond acceptors (Lipinski definition) is 4. The molecule has 1 aliphatic heterocycles. The number of carbonyl (C=O) groups is 1. The molecule has 32 heavy (non-hydrogen) atoms. The summed E-state index contributed by atoms with van der Waals surface area (Å²) < 4.78 is 27.5. The number of piperidine rings is 1. The molecule has 3 fully saturated rings. The van der Waals surface area contributed by atoms with Crippen LogP contribution in [0.2, 0.25) is 0 Å². The second-order valence-corrected chi connectivity index (χ2v) is 12.0. The SMILES string of the molecule is CN(C1CCCCC1)S(=O)(=O)c1ccc(C(=O)NC2CCN(CC3CCCC3)CC2)cc1. The molecular formula is C25H39N3O3S. The molecule has 178 valence electrons. The summed E-state index contributed by atoms with van der Waals surface area (Å²) in [6.07, 6.45) is 12.7. The fourth-order valence-electron chi connectivity index (χ4n) is 5.67. The van der Waals surface area contributed by atoms with E-state index in [0.29, 0.717) is 5.56 Å². The van der Waals surface area contributed by atoms with Crippen molar-refractivity contribution in [3.63, 3.8) is 0 Å². The second-order valence-electron chi connectivity index (χ2n) is 10.0. The third-order valence-electron chi connectivity index (χ3n) is 7.80. The van der Waals surface area contributed by atoms with Crippen molar-refractivity contribution in [2.45, 2.75) is 87.6 Å². The minimum Gasteiger partial charge on any atom is -0.349 e. The zero-order valence-electron chi connectivity index (χ0n) is 19.5. The number of likely N-dealkylation sites (tertiary alicyclic amines) is 1. The van der Waals surface area contributed by atoms with E-state index in [9.17, 15) is 13.2 Å². The van der Waals surface area contributed by atoms with Crippen molar-refractivity contribution >= 4 is 15.9 Å². The van der Waals surface area contributed by atoms with Crippen LogP contribution in [0.25, 0.3) is 0 Å². The largest absolute Gasteiger partial charge is 0.349 e. The third-order valence-corrected chi connectivity index (χ3v) is 9.72. The summed E-state index contributed by atoms with van der Waals surface area (Å²) >= 11 is 0. The predicted molar refractivity (Wildman–Crippen MR) is 127 cm³/mol. The van der Waals surface area contributed by atoms with Crippen LogP contribution in [0.1, 0.15) is 81.0 Å². The first kappa shape index (κ1) is 23.7. The van der Waals surface area contributed by atoms with Crippen molar-refractivity contribution in [1.82, 2.24) is 14.5 Å². The number of sulfonamides is 1. The Morgan fingerprint density at radius 2 is 1.53 bits per heavy atom. The molecule has 0 radical (unpaired) electrons. The van der Waals surface area contributed by atoms with Gasteiger partial charge < -0.3 is 10.2 Å². The molecule has 1 heterocycles. The Morgan fingerprint density at radius 3 is 2.16 bits per heavy atom. The van der Waals surface area contributed by atoms with Crippen LogP contribution in [0.4, 0.5) is 0 Å². The van der Waals surface area contributed by atoms with Crippen LogP contribution in [-0.2, 0) is 10.0 Å². The monoisotopic (exact) mass is 461 g/mol. The van der Waals surface area contributed by atoms with E-state index in [1.807, 2.05) is 0 Å². The normalized spacial score (nSPS) is 22.4. The molecule has 6 nitrogen and oxygen atoms in total. The second kappa shape index (κ2) is 10.7. The van der Waals surface area contributed by atoms with Gasteiger partial charge in [-0.15, -0.1) is 0 Å². The van der Waals surface area contributed by atoms with Gasteiger partial charge in [-0.05, 0) is 68.7 Å². The lowest BCUT2D eigenvalue weighted by atomic mass is 9.96. The van der Waals surface area contributed by atoms with E-state index < -0.39 is 10.0 Å². The fraction of sp³-hybridized carbons (Fsp3) is 0.720. The molecule has 1 aromatic carbocycles. The molecule has 0 bridgehead atoms. The third kappa shape index (κ3) is 5.72. The van der Waals surface area contributed by atoms with Crippen molar-refractivity contribution in [3.05, 3.63) is 29.8 Å². The van der Waals surface area contributed by atoms with Gasteiger partial charge in [0, 0.05) is 44.3 Å². The van der Waals surface area contributed by atoms with Crippen LogP contribution in [-0.4, -0.2) is 62.3 Å². The molecular weight excluding hydrogens is 422 g/mol. The van der Waals surface area contributed by atoms with E-state index in [1.54, 1.807) is 31.3 Å². The quantitative estimate of drug-likeness (QED) is 0.666. The van der Waals surface area contributed by atoms with Crippen LogP contribution in [0.5, 0.6) is 0 Å². The van der Waals surface area contributed by atoms with Crippen molar-refractivity contribution in [2.75, 3.05) is 26.7 Å². The van der Waals surface area contributed by atoms with Crippen molar-refractivity contribution in [2.24, 2.45) is 5.92 Å². The maximum absolute atomic E-state index is 13.0. The van der Waals surface area contributed by atoms with Crippen molar-refractivity contribution in [3.8, 4) is 0 Å². The standard InChI is InChI=1S/C25H39N3O3S/c1-27(23-9-3-2-4-10-23)32(30,31)24-13-11-21(12-14-24)25(29)26-22-15-17-28(18-16-22)19-20-7-5-6-8-20/h11-14,20,22-23H,2-10,15-19H2,1H3,(H,26,29). The highest BCUT2D eigenvalue weighted by Gasteiger charge is 2.29. The summed E-state index contributed by atoms with van der Waals surface area (Å²) in [6.45, 7) is 3.31. The molecule has 0 unspecified atom stereocenters. The van der Waals surface area contributed by atoms with Crippen molar-refractivity contribution < 1.29 is 13.2 Å². The highest BCUT2D eigenvalue weighted by molar-refractivity contribution is 7.89. The highest BCUT2D eigenvalue weighted by Crippen LogP contribution is 2.28. The highest BCUT2D eigenvalue weighted by atomic mass is 32.2. The molecule has 0 atom stereocenters. The minimum absolute atomic E-state index is 0.0799. The zero-order valence-corrected chi connectivity index (χ0v) is 20.3. The molecule has 1 amide bonds. The van der Waals surface area contributed by atoms with Gasteiger partial charge in [0.1, 0.15) is 0 Å². The molecule has 1 N–H and O–H groups in total. The molecule has 0 spiro atoms. The van der Waals surface area contributed by atoms with Crippen LogP contribution in [0, 0.1) is 5.92 Å². The van der Waals surface area contributed by atoms with Gasteiger partial charge in [-0.25, -0.2) is 8.42 Å². The Labute approximate surface area is 193 Å². The van der Waals surface area contributed by atoms with Crippen LogP contribution in [0.3, 0.4) is 0 Å².